The lowest BCUT2D eigenvalue weighted by Crippen LogP contribution is -2.60. The van der Waals surface area contributed by atoms with E-state index in [0.717, 1.165) is 11.1 Å². The molecule has 3 N–H and O–H groups in total. The first-order valence-electron chi connectivity index (χ1n) is 11.7. The van der Waals surface area contributed by atoms with Crippen LogP contribution in [0.2, 0.25) is 0 Å². The molecule has 34 heavy (non-hydrogen) atoms. The number of amides is 2. The van der Waals surface area contributed by atoms with E-state index in [4.69, 9.17) is 4.74 Å². The molecule has 7 heteroatoms. The number of carboxylic acids is 1. The molecule has 0 saturated heterocycles. The van der Waals surface area contributed by atoms with Crippen molar-refractivity contribution in [3.05, 3.63) is 59.7 Å². The predicted molar refractivity (Wildman–Crippen MR) is 128 cm³/mol. The van der Waals surface area contributed by atoms with Crippen molar-refractivity contribution in [1.82, 2.24) is 10.6 Å². The van der Waals surface area contributed by atoms with E-state index in [1.807, 2.05) is 24.3 Å². The number of hydrogen-bond acceptors (Lipinski definition) is 4. The summed E-state index contributed by atoms with van der Waals surface area (Å²) < 4.78 is 5.58. The van der Waals surface area contributed by atoms with Crippen LogP contribution in [0.4, 0.5) is 4.79 Å². The Morgan fingerprint density at radius 3 is 2.00 bits per heavy atom. The minimum atomic E-state index is -1.12. The molecule has 7 nitrogen and oxygen atoms in total. The fourth-order valence-corrected chi connectivity index (χ4v) is 4.59. The molecule has 0 unspecified atom stereocenters. The molecule has 0 spiro atoms. The van der Waals surface area contributed by atoms with Gasteiger partial charge in [-0.15, -0.1) is 0 Å². The van der Waals surface area contributed by atoms with Gasteiger partial charge in [0.2, 0.25) is 5.91 Å². The number of carboxylic acid groups (broad SMARTS) is 1. The summed E-state index contributed by atoms with van der Waals surface area (Å²) in [5, 5.41) is 15.2. The Labute approximate surface area is 199 Å². The average Bonchev–Trinajstić information content (AvgIpc) is 3.07. The second-order valence-corrected chi connectivity index (χ2v) is 10.4. The molecule has 2 aliphatic carbocycles. The van der Waals surface area contributed by atoms with Crippen molar-refractivity contribution in [3.63, 3.8) is 0 Å². The van der Waals surface area contributed by atoms with Crippen molar-refractivity contribution < 1.29 is 24.2 Å². The maximum absolute atomic E-state index is 12.6. The van der Waals surface area contributed by atoms with Crippen molar-refractivity contribution in [3.8, 4) is 11.1 Å². The van der Waals surface area contributed by atoms with Crippen LogP contribution in [0.25, 0.3) is 11.1 Å². The minimum Gasteiger partial charge on any atom is -0.481 e. The molecule has 2 aromatic carbocycles. The number of benzene rings is 2. The third kappa shape index (κ3) is 4.27. The van der Waals surface area contributed by atoms with E-state index in [9.17, 15) is 19.5 Å². The maximum atomic E-state index is 12.6. The summed E-state index contributed by atoms with van der Waals surface area (Å²) >= 11 is 0. The van der Waals surface area contributed by atoms with Gasteiger partial charge in [-0.2, -0.15) is 0 Å². The SMILES string of the molecule is CC(C)(NC(=O)C1CC(NC(=O)OCC2c3ccccc3-c3ccccc32)C1)C(C)(C)C(=O)O. The van der Waals surface area contributed by atoms with E-state index in [0.29, 0.717) is 12.8 Å². The van der Waals surface area contributed by atoms with Crippen LogP contribution in [0.15, 0.2) is 48.5 Å². The lowest BCUT2D eigenvalue weighted by atomic mass is 9.73. The fourth-order valence-electron chi connectivity index (χ4n) is 4.59. The molecule has 180 valence electrons. The summed E-state index contributed by atoms with van der Waals surface area (Å²) in [6.45, 7) is 6.86. The number of carbonyl (C=O) groups excluding carboxylic acids is 2. The van der Waals surface area contributed by atoms with Gasteiger partial charge in [-0.05, 0) is 62.8 Å². The van der Waals surface area contributed by atoms with Gasteiger partial charge in [0.05, 0.1) is 5.41 Å². The minimum absolute atomic E-state index is 0.00196. The first-order chi connectivity index (χ1) is 16.0. The largest absolute Gasteiger partial charge is 0.481 e. The molecule has 1 saturated carbocycles. The van der Waals surface area contributed by atoms with Crippen molar-refractivity contribution in [2.45, 2.75) is 58.0 Å². The summed E-state index contributed by atoms with van der Waals surface area (Å²) in [5.74, 6) is -1.42. The third-order valence-electron chi connectivity index (χ3n) is 7.71. The topological polar surface area (TPSA) is 105 Å². The molecule has 2 aliphatic rings. The molecule has 0 atom stereocenters. The van der Waals surface area contributed by atoms with Gasteiger partial charge in [0.1, 0.15) is 6.61 Å². The molecular weight excluding hydrogens is 432 g/mol. The normalized spacial score (nSPS) is 19.4. The Morgan fingerprint density at radius 2 is 1.47 bits per heavy atom. The standard InChI is InChI=1S/C27H32N2O5/c1-26(2,24(31)32)27(3,4)29-23(30)16-13-17(14-16)28-25(33)34-15-22-20-11-7-5-9-18(20)19-10-6-8-12-21(19)22/h5-12,16-17,22H,13-15H2,1-4H3,(H,28,33)(H,29,30)(H,31,32). The molecule has 0 radical (unpaired) electrons. The molecular formula is C27H32N2O5. The average molecular weight is 465 g/mol. The summed E-state index contributed by atoms with van der Waals surface area (Å²) in [6, 6.07) is 16.2. The van der Waals surface area contributed by atoms with Crippen molar-refractivity contribution in [2.75, 3.05) is 6.61 Å². The predicted octanol–water partition coefficient (Wildman–Crippen LogP) is 4.31. The molecule has 0 bridgehead atoms. The quantitative estimate of drug-likeness (QED) is 0.566. The fraction of sp³-hybridized carbons (Fsp3) is 0.444. The van der Waals surface area contributed by atoms with Crippen LogP contribution in [0.3, 0.4) is 0 Å². The van der Waals surface area contributed by atoms with Gasteiger partial charge in [0, 0.05) is 23.4 Å². The van der Waals surface area contributed by atoms with E-state index < -0.39 is 23.0 Å². The Bertz CT molecular complexity index is 1070. The summed E-state index contributed by atoms with van der Waals surface area (Å²) in [6.07, 6.45) is 0.511. The van der Waals surface area contributed by atoms with E-state index in [-0.39, 0.29) is 30.4 Å². The molecule has 0 aliphatic heterocycles. The summed E-state index contributed by atoms with van der Waals surface area (Å²) in [4.78, 5) is 36.6. The van der Waals surface area contributed by atoms with Gasteiger partial charge in [-0.3, -0.25) is 9.59 Å². The highest BCUT2D eigenvalue weighted by molar-refractivity contribution is 5.83. The first-order valence-corrected chi connectivity index (χ1v) is 11.7. The molecule has 0 aromatic heterocycles. The zero-order valence-electron chi connectivity index (χ0n) is 20.1. The lowest BCUT2D eigenvalue weighted by Gasteiger charge is -2.42. The van der Waals surface area contributed by atoms with Crippen LogP contribution in [-0.4, -0.2) is 41.3 Å². The van der Waals surface area contributed by atoms with Crippen LogP contribution in [-0.2, 0) is 14.3 Å². The Hall–Kier alpha value is -3.35. The Kier molecular flexibility index (Phi) is 6.14. The summed E-state index contributed by atoms with van der Waals surface area (Å²) in [5.41, 5.74) is 2.63. The third-order valence-corrected chi connectivity index (χ3v) is 7.71. The number of aliphatic carboxylic acids is 1. The van der Waals surface area contributed by atoms with Gasteiger partial charge in [0.15, 0.2) is 0 Å². The number of fused-ring (bicyclic) bond motifs is 3. The number of nitrogens with one attached hydrogen (secondary N) is 2. The van der Waals surface area contributed by atoms with Crippen LogP contribution in [0.5, 0.6) is 0 Å². The van der Waals surface area contributed by atoms with E-state index >= 15 is 0 Å². The van der Waals surface area contributed by atoms with Gasteiger partial charge >= 0.3 is 12.1 Å². The monoisotopic (exact) mass is 464 g/mol. The maximum Gasteiger partial charge on any atom is 0.407 e. The van der Waals surface area contributed by atoms with Crippen LogP contribution in [0, 0.1) is 11.3 Å². The van der Waals surface area contributed by atoms with E-state index in [2.05, 4.69) is 34.9 Å². The van der Waals surface area contributed by atoms with Crippen LogP contribution < -0.4 is 10.6 Å². The van der Waals surface area contributed by atoms with Crippen molar-refractivity contribution in [2.24, 2.45) is 11.3 Å². The highest BCUT2D eigenvalue weighted by atomic mass is 16.5. The zero-order valence-corrected chi connectivity index (χ0v) is 20.1. The van der Waals surface area contributed by atoms with E-state index in [1.54, 1.807) is 27.7 Å². The van der Waals surface area contributed by atoms with Gasteiger partial charge < -0.3 is 20.5 Å². The second kappa shape index (κ2) is 8.78. The van der Waals surface area contributed by atoms with Crippen LogP contribution >= 0.6 is 0 Å². The molecule has 2 amide bonds. The van der Waals surface area contributed by atoms with Crippen molar-refractivity contribution >= 4 is 18.0 Å². The van der Waals surface area contributed by atoms with Gasteiger partial charge in [-0.25, -0.2) is 4.79 Å². The number of carbonyl (C=O) groups is 3. The first kappa shape index (κ1) is 23.8. The lowest BCUT2D eigenvalue weighted by molar-refractivity contribution is -0.152. The Morgan fingerprint density at radius 1 is 0.941 bits per heavy atom. The molecule has 0 heterocycles. The second-order valence-electron chi connectivity index (χ2n) is 10.4. The van der Waals surface area contributed by atoms with E-state index in [1.165, 1.54) is 11.1 Å². The van der Waals surface area contributed by atoms with Crippen LogP contribution in [0.1, 0.15) is 57.6 Å². The number of rotatable bonds is 7. The zero-order chi connectivity index (χ0) is 24.7. The van der Waals surface area contributed by atoms with Gasteiger partial charge in [-0.1, -0.05) is 48.5 Å². The van der Waals surface area contributed by atoms with Crippen molar-refractivity contribution in [1.29, 1.82) is 0 Å². The number of alkyl carbamates (subject to hydrolysis) is 1. The number of ether oxygens (including phenoxy) is 1. The molecule has 2 aromatic rings. The highest BCUT2D eigenvalue weighted by Gasteiger charge is 2.46. The highest BCUT2D eigenvalue weighted by Crippen LogP contribution is 2.44. The van der Waals surface area contributed by atoms with Gasteiger partial charge in [0.25, 0.3) is 0 Å². The molecule has 1 fully saturated rings. The smallest absolute Gasteiger partial charge is 0.407 e. The summed E-state index contributed by atoms with van der Waals surface area (Å²) in [7, 11) is 0. The number of hydrogen-bond donors (Lipinski definition) is 3. The Balaban J connectivity index is 1.27. The molecule has 4 rings (SSSR count).